The summed E-state index contributed by atoms with van der Waals surface area (Å²) in [6, 6.07) is 25.1. The SMILES string of the molecule is C=CC(=O)CN1C(=CC=C2CCCC(C=CC3=[N+](CC(=O)C=C)c4ccccc4C3(C)C)=C2Sc2nnc(SCc3ccc(C=C)cc3)s2)C(C)(C)c2ccccc21. The molecular formula is C49H49N4O2S3+. The first-order valence-electron chi connectivity index (χ1n) is 19.5. The van der Waals surface area contributed by atoms with E-state index in [0.717, 1.165) is 66.9 Å². The number of anilines is 1. The summed E-state index contributed by atoms with van der Waals surface area (Å²) in [6.07, 6.45) is 16.4. The molecule has 1 aliphatic carbocycles. The molecule has 294 valence electrons. The number of thioether (sulfide) groups is 2. The number of allylic oxidation sites excluding steroid dienone is 7. The van der Waals surface area contributed by atoms with Crippen molar-refractivity contribution in [2.24, 2.45) is 0 Å². The Bertz CT molecular complexity index is 2460. The molecule has 58 heavy (non-hydrogen) atoms. The molecule has 0 saturated heterocycles. The first kappa shape index (κ1) is 41.1. The number of rotatable bonds is 15. The van der Waals surface area contributed by atoms with Gasteiger partial charge in [0.05, 0.1) is 12.0 Å². The fourth-order valence-electron chi connectivity index (χ4n) is 8.05. The molecule has 0 unspecified atom stereocenters. The quantitative estimate of drug-likeness (QED) is 0.0672. The molecule has 0 fully saturated rings. The molecule has 6 nitrogen and oxygen atoms in total. The number of benzene rings is 3. The third-order valence-electron chi connectivity index (χ3n) is 11.2. The molecule has 2 aliphatic heterocycles. The maximum absolute atomic E-state index is 12.8. The van der Waals surface area contributed by atoms with Gasteiger partial charge in [0.25, 0.3) is 0 Å². The lowest BCUT2D eigenvalue weighted by Crippen LogP contribution is -2.30. The van der Waals surface area contributed by atoms with Gasteiger partial charge < -0.3 is 4.90 Å². The zero-order valence-electron chi connectivity index (χ0n) is 33.7. The van der Waals surface area contributed by atoms with Crippen molar-refractivity contribution in [3.05, 3.63) is 173 Å². The highest BCUT2D eigenvalue weighted by molar-refractivity contribution is 8.05. The van der Waals surface area contributed by atoms with E-state index in [4.69, 9.17) is 0 Å². The van der Waals surface area contributed by atoms with E-state index in [9.17, 15) is 9.59 Å². The van der Waals surface area contributed by atoms with Crippen LogP contribution in [0.15, 0.2) is 159 Å². The summed E-state index contributed by atoms with van der Waals surface area (Å²) >= 11 is 4.99. The van der Waals surface area contributed by atoms with Crippen molar-refractivity contribution in [1.29, 1.82) is 0 Å². The van der Waals surface area contributed by atoms with Crippen LogP contribution in [0, 0.1) is 0 Å². The van der Waals surface area contributed by atoms with E-state index in [0.29, 0.717) is 0 Å². The van der Waals surface area contributed by atoms with Gasteiger partial charge in [-0.1, -0.05) is 147 Å². The minimum atomic E-state index is -0.313. The van der Waals surface area contributed by atoms with E-state index in [1.54, 1.807) is 34.9 Å². The van der Waals surface area contributed by atoms with Gasteiger partial charge in [-0.05, 0) is 85.2 Å². The molecule has 4 aromatic rings. The van der Waals surface area contributed by atoms with Gasteiger partial charge in [0.15, 0.2) is 20.2 Å². The van der Waals surface area contributed by atoms with Gasteiger partial charge in [0.2, 0.25) is 18.0 Å². The molecule has 3 aromatic carbocycles. The molecule has 0 bridgehead atoms. The Kier molecular flexibility index (Phi) is 12.3. The van der Waals surface area contributed by atoms with Gasteiger partial charge in [0, 0.05) is 45.2 Å². The molecule has 9 heteroatoms. The van der Waals surface area contributed by atoms with Gasteiger partial charge in [-0.3, -0.25) is 9.59 Å². The van der Waals surface area contributed by atoms with Crippen molar-refractivity contribution in [3.63, 3.8) is 0 Å². The number of aromatic nitrogens is 2. The number of fused-ring (bicyclic) bond motifs is 2. The predicted octanol–water partition coefficient (Wildman–Crippen LogP) is 11.8. The maximum atomic E-state index is 12.8. The zero-order valence-corrected chi connectivity index (χ0v) is 36.1. The van der Waals surface area contributed by atoms with Crippen LogP contribution in [0.2, 0.25) is 0 Å². The molecular weight excluding hydrogens is 773 g/mol. The summed E-state index contributed by atoms with van der Waals surface area (Å²) in [6.45, 7) is 20.8. The molecule has 0 saturated carbocycles. The first-order chi connectivity index (χ1) is 27.9. The van der Waals surface area contributed by atoms with Crippen molar-refractivity contribution in [1.82, 2.24) is 10.2 Å². The summed E-state index contributed by atoms with van der Waals surface area (Å²) in [7, 11) is 0. The van der Waals surface area contributed by atoms with Crippen molar-refractivity contribution < 1.29 is 14.2 Å². The molecule has 0 N–H and O–H groups in total. The highest BCUT2D eigenvalue weighted by atomic mass is 32.2. The number of hydrogen-bond donors (Lipinski definition) is 0. The topological polar surface area (TPSA) is 66.2 Å². The van der Waals surface area contributed by atoms with E-state index in [1.807, 2.05) is 18.2 Å². The molecule has 0 amide bonds. The minimum Gasteiger partial charge on any atom is -0.336 e. The lowest BCUT2D eigenvalue weighted by Gasteiger charge is -2.27. The van der Waals surface area contributed by atoms with Crippen LogP contribution in [0.4, 0.5) is 11.4 Å². The largest absolute Gasteiger partial charge is 0.336 e. The lowest BCUT2D eigenvalue weighted by molar-refractivity contribution is -0.424. The van der Waals surface area contributed by atoms with Crippen molar-refractivity contribution in [2.75, 3.05) is 18.0 Å². The van der Waals surface area contributed by atoms with Crippen LogP contribution < -0.4 is 4.90 Å². The first-order valence-corrected chi connectivity index (χ1v) is 22.2. The summed E-state index contributed by atoms with van der Waals surface area (Å²) in [4.78, 5) is 29.0. The number of para-hydroxylation sites is 2. The second kappa shape index (κ2) is 17.4. The van der Waals surface area contributed by atoms with E-state index in [1.165, 1.54) is 40.0 Å². The predicted molar refractivity (Wildman–Crippen MR) is 245 cm³/mol. The number of carbonyl (C=O) groups excluding carboxylic acids is 2. The Balaban J connectivity index is 1.29. The summed E-state index contributed by atoms with van der Waals surface area (Å²) in [5, 5.41) is 9.28. The Labute approximate surface area is 355 Å². The monoisotopic (exact) mass is 821 g/mol. The second-order valence-electron chi connectivity index (χ2n) is 15.6. The van der Waals surface area contributed by atoms with Crippen LogP contribution in [0.1, 0.15) is 69.2 Å². The van der Waals surface area contributed by atoms with Gasteiger partial charge in [-0.2, -0.15) is 4.58 Å². The van der Waals surface area contributed by atoms with Gasteiger partial charge >= 0.3 is 0 Å². The third kappa shape index (κ3) is 8.39. The van der Waals surface area contributed by atoms with Gasteiger partial charge in [0.1, 0.15) is 0 Å². The van der Waals surface area contributed by atoms with Gasteiger partial charge in [-0.15, -0.1) is 10.2 Å². The number of carbonyl (C=O) groups is 2. The Morgan fingerprint density at radius 1 is 0.828 bits per heavy atom. The highest BCUT2D eigenvalue weighted by Crippen LogP contribution is 2.49. The minimum absolute atomic E-state index is 0.0238. The fourth-order valence-corrected chi connectivity index (χ4v) is 11.3. The zero-order chi connectivity index (χ0) is 41.0. The van der Waals surface area contributed by atoms with E-state index in [2.05, 4.69) is 152 Å². The lowest BCUT2D eigenvalue weighted by atomic mass is 9.81. The maximum Gasteiger partial charge on any atom is 0.219 e. The average Bonchev–Trinajstić information content (AvgIpc) is 3.84. The van der Waals surface area contributed by atoms with Crippen LogP contribution in [-0.2, 0) is 26.2 Å². The molecule has 3 heterocycles. The van der Waals surface area contributed by atoms with E-state index >= 15 is 0 Å². The fraction of sp³-hybridized carbons (Fsp3) is 0.245. The summed E-state index contributed by atoms with van der Waals surface area (Å²) in [5.41, 5.74) is 10.8. The smallest absolute Gasteiger partial charge is 0.219 e. The normalized spacial score (nSPS) is 18.2. The number of hydrogen-bond acceptors (Lipinski definition) is 8. The molecule has 0 radical (unpaired) electrons. The molecule has 3 aliphatic rings. The molecule has 0 atom stereocenters. The summed E-state index contributed by atoms with van der Waals surface area (Å²) in [5.74, 6) is 0.755. The Morgan fingerprint density at radius 2 is 1.53 bits per heavy atom. The average molecular weight is 822 g/mol. The summed E-state index contributed by atoms with van der Waals surface area (Å²) < 4.78 is 3.95. The molecule has 0 spiro atoms. The van der Waals surface area contributed by atoms with E-state index < -0.39 is 0 Å². The Morgan fingerprint density at radius 3 is 2.28 bits per heavy atom. The molecule has 1 aromatic heterocycles. The van der Waals surface area contributed by atoms with Crippen LogP contribution >= 0.6 is 34.9 Å². The standard InChI is InChI=1S/C49H49N4O2S3/c1-8-33-22-24-34(25-23-33)32-56-46-50-51-47(58-46)57-45-35(26-28-43-48(4,5)39-18-11-13-20-41(39)52(43)30-37(54)9-2)16-15-17-36(45)27-29-44-49(6,7)40-19-12-14-21-42(40)53(44)31-38(55)10-3/h8-14,18-29H,1-3,15-17,30-32H2,4-7H3/q+1. The van der Waals surface area contributed by atoms with Crippen molar-refractivity contribution in [3.8, 4) is 0 Å². The number of nitrogens with zero attached hydrogens (tertiary/aromatic N) is 4. The molecule has 7 rings (SSSR count). The van der Waals surface area contributed by atoms with Crippen LogP contribution in [0.5, 0.6) is 0 Å². The van der Waals surface area contributed by atoms with E-state index in [-0.39, 0.29) is 35.5 Å². The third-order valence-corrected chi connectivity index (χ3v) is 14.6. The van der Waals surface area contributed by atoms with Crippen molar-refractivity contribution >= 4 is 69.6 Å². The van der Waals surface area contributed by atoms with Crippen LogP contribution in [0.3, 0.4) is 0 Å². The second-order valence-corrected chi connectivity index (χ2v) is 19.1. The Hall–Kier alpha value is -5.09. The highest BCUT2D eigenvalue weighted by Gasteiger charge is 2.45. The van der Waals surface area contributed by atoms with Crippen LogP contribution in [0.25, 0.3) is 6.08 Å². The van der Waals surface area contributed by atoms with Crippen molar-refractivity contribution in [2.45, 2.75) is 72.2 Å². The van der Waals surface area contributed by atoms with Crippen LogP contribution in [-0.4, -0.2) is 45.1 Å². The number of ketones is 2. The van der Waals surface area contributed by atoms with Gasteiger partial charge in [-0.25, -0.2) is 0 Å².